The summed E-state index contributed by atoms with van der Waals surface area (Å²) < 4.78 is 12.5. The van der Waals surface area contributed by atoms with E-state index in [4.69, 9.17) is 9.47 Å². The Labute approximate surface area is 182 Å². The van der Waals surface area contributed by atoms with Crippen LogP contribution in [0.25, 0.3) is 4.96 Å². The Balaban J connectivity index is 1.34. The van der Waals surface area contributed by atoms with Gasteiger partial charge < -0.3 is 19.7 Å². The minimum atomic E-state index is -0.336. The van der Waals surface area contributed by atoms with E-state index in [0.717, 1.165) is 24.2 Å². The monoisotopic (exact) mass is 441 g/mol. The number of ether oxygens (including phenoxy) is 2. The van der Waals surface area contributed by atoms with E-state index < -0.39 is 0 Å². The molecule has 0 spiro atoms. The molecule has 1 amide bonds. The molecule has 0 bridgehead atoms. The van der Waals surface area contributed by atoms with E-state index in [1.165, 1.54) is 21.9 Å². The van der Waals surface area contributed by atoms with Crippen molar-refractivity contribution in [2.75, 3.05) is 24.7 Å². The third-order valence-electron chi connectivity index (χ3n) is 5.59. The van der Waals surface area contributed by atoms with E-state index in [-0.39, 0.29) is 23.6 Å². The highest BCUT2D eigenvalue weighted by Gasteiger charge is 2.34. The van der Waals surface area contributed by atoms with Crippen molar-refractivity contribution in [2.24, 2.45) is 0 Å². The van der Waals surface area contributed by atoms with Gasteiger partial charge in [0, 0.05) is 18.3 Å². The Morgan fingerprint density at radius 2 is 2.06 bits per heavy atom. The SMILES string of the molecule is Cc1cc(=O)n2nc(N3CCCC3C(=O)NC(C)c3ccc4c(c3)OCCO4)sc2n1. The third kappa shape index (κ3) is 3.71. The van der Waals surface area contributed by atoms with Crippen LogP contribution in [0.5, 0.6) is 11.5 Å². The normalized spacial score (nSPS) is 18.9. The van der Waals surface area contributed by atoms with Gasteiger partial charge in [0.05, 0.1) is 6.04 Å². The molecule has 2 aliphatic rings. The first-order valence-electron chi connectivity index (χ1n) is 10.3. The average Bonchev–Trinajstić information content (AvgIpc) is 3.40. The molecular formula is C21H23N5O4S. The van der Waals surface area contributed by atoms with Crippen molar-refractivity contribution in [1.29, 1.82) is 0 Å². The number of carbonyl (C=O) groups is 1. The Bertz CT molecular complexity index is 1210. The zero-order chi connectivity index (χ0) is 21.5. The number of hydrogen-bond donors (Lipinski definition) is 1. The van der Waals surface area contributed by atoms with Crippen LogP contribution in [-0.2, 0) is 4.79 Å². The van der Waals surface area contributed by atoms with Crippen LogP contribution >= 0.6 is 11.3 Å². The molecule has 5 rings (SSSR count). The molecule has 2 atom stereocenters. The molecule has 1 saturated heterocycles. The minimum Gasteiger partial charge on any atom is -0.486 e. The Morgan fingerprint density at radius 3 is 2.90 bits per heavy atom. The zero-order valence-corrected chi connectivity index (χ0v) is 18.1. The summed E-state index contributed by atoms with van der Waals surface area (Å²) >= 11 is 1.33. The van der Waals surface area contributed by atoms with Gasteiger partial charge in [-0.15, -0.1) is 5.10 Å². The summed E-state index contributed by atoms with van der Waals surface area (Å²) in [6.45, 7) is 5.51. The summed E-state index contributed by atoms with van der Waals surface area (Å²) in [5.41, 5.74) is 1.40. The fourth-order valence-electron chi connectivity index (χ4n) is 4.02. The molecule has 162 valence electrons. The van der Waals surface area contributed by atoms with Crippen molar-refractivity contribution in [3.63, 3.8) is 0 Å². The van der Waals surface area contributed by atoms with E-state index in [2.05, 4.69) is 15.4 Å². The smallest absolute Gasteiger partial charge is 0.275 e. The first-order valence-corrected chi connectivity index (χ1v) is 11.2. The fourth-order valence-corrected chi connectivity index (χ4v) is 5.05. The highest BCUT2D eigenvalue weighted by molar-refractivity contribution is 7.20. The van der Waals surface area contributed by atoms with Crippen molar-refractivity contribution in [1.82, 2.24) is 19.9 Å². The number of fused-ring (bicyclic) bond motifs is 2. The summed E-state index contributed by atoms with van der Waals surface area (Å²) in [6, 6.07) is 6.67. The van der Waals surface area contributed by atoms with Crippen LogP contribution in [0, 0.1) is 6.92 Å². The summed E-state index contributed by atoms with van der Waals surface area (Å²) in [5.74, 6) is 1.37. The lowest BCUT2D eigenvalue weighted by Crippen LogP contribution is -2.44. The molecule has 1 aromatic carbocycles. The molecule has 0 radical (unpaired) electrons. The van der Waals surface area contributed by atoms with Crippen LogP contribution in [0.1, 0.15) is 37.1 Å². The van der Waals surface area contributed by atoms with Crippen LogP contribution in [-0.4, -0.2) is 46.3 Å². The average molecular weight is 442 g/mol. The van der Waals surface area contributed by atoms with Crippen LogP contribution in [0.2, 0.25) is 0 Å². The predicted octanol–water partition coefficient (Wildman–Crippen LogP) is 2.08. The first-order chi connectivity index (χ1) is 15.0. The van der Waals surface area contributed by atoms with Gasteiger partial charge in [-0.25, -0.2) is 4.98 Å². The number of nitrogens with zero attached hydrogens (tertiary/aromatic N) is 4. The molecule has 1 fully saturated rings. The molecule has 1 N–H and O–H groups in total. The summed E-state index contributed by atoms with van der Waals surface area (Å²) in [4.78, 5) is 32.2. The number of nitrogens with one attached hydrogen (secondary N) is 1. The van der Waals surface area contributed by atoms with Crippen molar-refractivity contribution in [2.45, 2.75) is 38.8 Å². The van der Waals surface area contributed by atoms with Gasteiger partial charge in [0.25, 0.3) is 5.56 Å². The topological polar surface area (TPSA) is 98.1 Å². The number of aromatic nitrogens is 3. The standard InChI is InChI=1S/C21H23N5O4S/c1-12-10-18(27)26-20(22-12)31-21(24-26)25-7-3-4-15(25)19(28)23-13(2)14-5-6-16-17(11-14)30-9-8-29-16/h5-6,10-11,13,15H,3-4,7-9H2,1-2H3,(H,23,28). The third-order valence-corrected chi connectivity index (χ3v) is 6.53. The van der Waals surface area contributed by atoms with Crippen LogP contribution in [0.15, 0.2) is 29.1 Å². The quantitative estimate of drug-likeness (QED) is 0.662. The molecule has 0 saturated carbocycles. The lowest BCUT2D eigenvalue weighted by Gasteiger charge is -2.25. The summed E-state index contributed by atoms with van der Waals surface area (Å²) in [5, 5.41) is 8.18. The van der Waals surface area contributed by atoms with Gasteiger partial charge in [-0.05, 0) is 44.4 Å². The van der Waals surface area contributed by atoms with Gasteiger partial charge in [-0.1, -0.05) is 17.4 Å². The maximum Gasteiger partial charge on any atom is 0.275 e. The summed E-state index contributed by atoms with van der Waals surface area (Å²) in [7, 11) is 0. The second-order valence-corrected chi connectivity index (χ2v) is 8.73. The van der Waals surface area contributed by atoms with Crippen molar-refractivity contribution >= 4 is 27.3 Å². The molecule has 0 aliphatic carbocycles. The fraction of sp³-hybridized carbons (Fsp3) is 0.429. The second-order valence-electron chi connectivity index (χ2n) is 7.80. The Hall–Kier alpha value is -3.14. The molecule has 31 heavy (non-hydrogen) atoms. The van der Waals surface area contributed by atoms with Crippen LogP contribution < -0.4 is 25.2 Å². The highest BCUT2D eigenvalue weighted by atomic mass is 32.1. The Kier molecular flexibility index (Phi) is 5.01. The molecule has 2 aliphatic heterocycles. The van der Waals surface area contributed by atoms with Crippen LogP contribution in [0.3, 0.4) is 0 Å². The van der Waals surface area contributed by atoms with Crippen LogP contribution in [0.4, 0.5) is 5.13 Å². The van der Waals surface area contributed by atoms with E-state index in [1.54, 1.807) is 6.92 Å². The maximum absolute atomic E-state index is 13.1. The molecule has 10 heteroatoms. The van der Waals surface area contributed by atoms with Gasteiger partial charge in [-0.2, -0.15) is 4.52 Å². The molecule has 3 aromatic rings. The number of anilines is 1. The molecule has 4 heterocycles. The number of hydrogen-bond acceptors (Lipinski definition) is 8. The predicted molar refractivity (Wildman–Crippen MR) is 116 cm³/mol. The summed E-state index contributed by atoms with van der Waals surface area (Å²) in [6.07, 6.45) is 1.62. The zero-order valence-electron chi connectivity index (χ0n) is 17.3. The number of benzene rings is 1. The number of rotatable bonds is 4. The van der Waals surface area contributed by atoms with Gasteiger partial charge >= 0.3 is 0 Å². The molecule has 2 aromatic heterocycles. The lowest BCUT2D eigenvalue weighted by atomic mass is 10.1. The maximum atomic E-state index is 13.1. The lowest BCUT2D eigenvalue weighted by molar-refractivity contribution is -0.122. The van der Waals surface area contributed by atoms with Crippen molar-refractivity contribution in [3.05, 3.63) is 45.9 Å². The van der Waals surface area contributed by atoms with Crippen molar-refractivity contribution in [3.8, 4) is 11.5 Å². The molecule has 9 nitrogen and oxygen atoms in total. The van der Waals surface area contributed by atoms with Gasteiger partial charge in [-0.3, -0.25) is 9.59 Å². The van der Waals surface area contributed by atoms with Gasteiger partial charge in [0.15, 0.2) is 11.5 Å². The minimum absolute atomic E-state index is 0.0596. The van der Waals surface area contributed by atoms with Crippen molar-refractivity contribution < 1.29 is 14.3 Å². The molecular weight excluding hydrogens is 418 g/mol. The van der Waals surface area contributed by atoms with E-state index in [1.807, 2.05) is 30.0 Å². The van der Waals surface area contributed by atoms with E-state index in [9.17, 15) is 9.59 Å². The second kappa shape index (κ2) is 7.84. The van der Waals surface area contributed by atoms with Gasteiger partial charge in [0.2, 0.25) is 16.0 Å². The largest absolute Gasteiger partial charge is 0.486 e. The molecule has 2 unspecified atom stereocenters. The van der Waals surface area contributed by atoms with Gasteiger partial charge in [0.1, 0.15) is 19.3 Å². The van der Waals surface area contributed by atoms with E-state index in [0.29, 0.717) is 41.3 Å². The number of aryl methyl sites for hydroxylation is 1. The Morgan fingerprint density at radius 1 is 1.26 bits per heavy atom. The number of carbonyl (C=O) groups excluding carboxylic acids is 1. The van der Waals surface area contributed by atoms with E-state index >= 15 is 0 Å². The number of amides is 1. The first kappa shape index (κ1) is 19.8. The highest BCUT2D eigenvalue weighted by Crippen LogP contribution is 2.33.